The number of halogens is 1. The Morgan fingerprint density at radius 3 is 2.80 bits per heavy atom. The Kier molecular flexibility index (Phi) is 7.72. The number of imide groups is 1. The van der Waals surface area contributed by atoms with Crippen LogP contribution < -0.4 is 16.0 Å². The number of fused-ring (bicyclic) bond motifs is 5. The van der Waals surface area contributed by atoms with Crippen LogP contribution in [0.5, 0.6) is 0 Å². The van der Waals surface area contributed by atoms with Crippen LogP contribution in [0.25, 0.3) is 0 Å². The van der Waals surface area contributed by atoms with E-state index in [1.807, 2.05) is 25.1 Å². The van der Waals surface area contributed by atoms with Gasteiger partial charge in [0.2, 0.25) is 11.8 Å². The molecule has 5 aliphatic heterocycles. The third-order valence-corrected chi connectivity index (χ3v) is 9.10. The van der Waals surface area contributed by atoms with Crippen LogP contribution >= 0.6 is 11.6 Å². The van der Waals surface area contributed by atoms with Crippen LogP contribution in [0.1, 0.15) is 58.3 Å². The lowest BCUT2D eigenvalue weighted by molar-refractivity contribution is -0.136. The minimum absolute atomic E-state index is 0.211. The summed E-state index contributed by atoms with van der Waals surface area (Å²) < 4.78 is 5.83. The Morgan fingerprint density at radius 1 is 1.12 bits per heavy atom. The number of benzene rings is 2. The highest BCUT2D eigenvalue weighted by Crippen LogP contribution is 2.32. The normalized spacial score (nSPS) is 24.2. The number of anilines is 1. The number of ether oxygens (including phenoxy) is 1. The highest BCUT2D eigenvalue weighted by molar-refractivity contribution is 6.31. The average molecular weight is 580 g/mol. The number of nitrogens with zero attached hydrogens (tertiary/aromatic N) is 2. The molecule has 2 bridgehead atoms. The van der Waals surface area contributed by atoms with Crippen molar-refractivity contribution in [2.24, 2.45) is 5.92 Å². The zero-order chi connectivity index (χ0) is 28.7. The lowest BCUT2D eigenvalue weighted by atomic mass is 9.94. The fourth-order valence-corrected chi connectivity index (χ4v) is 6.57. The summed E-state index contributed by atoms with van der Waals surface area (Å²) in [5, 5.41) is 8.68. The second kappa shape index (κ2) is 11.4. The minimum Gasteiger partial charge on any atom is -0.379 e. The van der Waals surface area contributed by atoms with E-state index < -0.39 is 11.9 Å². The number of nitrogens with one attached hydrogen (secondary N) is 3. The van der Waals surface area contributed by atoms with Gasteiger partial charge in [-0.1, -0.05) is 23.7 Å². The quantitative estimate of drug-likeness (QED) is 0.452. The van der Waals surface area contributed by atoms with E-state index in [9.17, 15) is 19.2 Å². The zero-order valence-electron chi connectivity index (χ0n) is 23.0. The van der Waals surface area contributed by atoms with Crippen molar-refractivity contribution >= 4 is 41.0 Å². The van der Waals surface area contributed by atoms with E-state index in [1.165, 1.54) is 11.3 Å². The fraction of sp³-hybridized carbons (Fsp3) is 0.467. The van der Waals surface area contributed by atoms with Gasteiger partial charge in [-0.05, 0) is 72.6 Å². The van der Waals surface area contributed by atoms with Gasteiger partial charge in [0.25, 0.3) is 5.91 Å². The molecular weight excluding hydrogens is 546 g/mol. The van der Waals surface area contributed by atoms with Gasteiger partial charge in [-0.2, -0.15) is 0 Å². The molecule has 10 nitrogen and oxygen atoms in total. The summed E-state index contributed by atoms with van der Waals surface area (Å²) in [6, 6.07) is 8.57. The smallest absolute Gasteiger partial charge is 0.319 e. The predicted molar refractivity (Wildman–Crippen MR) is 152 cm³/mol. The number of urea groups is 1. The molecule has 5 heterocycles. The van der Waals surface area contributed by atoms with E-state index in [-0.39, 0.29) is 30.8 Å². The number of hydrogen-bond acceptors (Lipinski definition) is 6. The topological polar surface area (TPSA) is 120 Å². The molecule has 5 aliphatic rings. The summed E-state index contributed by atoms with van der Waals surface area (Å²) in [6.45, 7) is 5.88. The van der Waals surface area contributed by atoms with Crippen molar-refractivity contribution in [1.82, 2.24) is 20.4 Å². The minimum atomic E-state index is -0.658. The summed E-state index contributed by atoms with van der Waals surface area (Å²) in [5.41, 5.74) is 4.80. The average Bonchev–Trinajstić information content (AvgIpc) is 3.08. The molecule has 4 fully saturated rings. The van der Waals surface area contributed by atoms with E-state index >= 15 is 0 Å². The van der Waals surface area contributed by atoms with Crippen LogP contribution in [-0.4, -0.2) is 65.4 Å². The van der Waals surface area contributed by atoms with Crippen molar-refractivity contribution in [1.29, 1.82) is 0 Å². The lowest BCUT2D eigenvalue weighted by Crippen LogP contribution is -2.52. The molecule has 3 N–H and O–H groups in total. The Labute approximate surface area is 243 Å². The van der Waals surface area contributed by atoms with E-state index in [2.05, 4.69) is 20.9 Å². The molecule has 0 radical (unpaired) electrons. The summed E-state index contributed by atoms with van der Waals surface area (Å²) in [4.78, 5) is 53.7. The molecule has 7 rings (SSSR count). The van der Waals surface area contributed by atoms with Gasteiger partial charge < -0.3 is 20.3 Å². The molecule has 0 saturated carbocycles. The molecule has 3 atom stereocenters. The first-order valence-corrected chi connectivity index (χ1v) is 14.5. The first kappa shape index (κ1) is 27.7. The van der Waals surface area contributed by atoms with E-state index in [0.717, 1.165) is 55.0 Å². The maximum Gasteiger partial charge on any atom is 0.319 e. The van der Waals surface area contributed by atoms with E-state index in [0.29, 0.717) is 41.2 Å². The summed E-state index contributed by atoms with van der Waals surface area (Å²) >= 11 is 6.56. The molecule has 4 saturated heterocycles. The van der Waals surface area contributed by atoms with Gasteiger partial charge in [-0.15, -0.1) is 0 Å². The third kappa shape index (κ3) is 5.82. The maximum absolute atomic E-state index is 13.1. The molecule has 41 heavy (non-hydrogen) atoms. The SMILES string of the molecule is Cc1c(Cl)cc(NC(=O)NCc2ccc3c(c2)C(=O)N(C2CCC(=O)NC2=O)C3)cc1CN1CC2CCC1COC2. The van der Waals surface area contributed by atoms with Crippen LogP contribution in [0.4, 0.5) is 10.5 Å². The fourth-order valence-electron chi connectivity index (χ4n) is 6.33. The third-order valence-electron chi connectivity index (χ3n) is 8.71. The highest BCUT2D eigenvalue weighted by Gasteiger charge is 2.39. The highest BCUT2D eigenvalue weighted by atomic mass is 35.5. The molecule has 5 amide bonds. The Balaban J connectivity index is 1.07. The van der Waals surface area contributed by atoms with Gasteiger partial charge in [0, 0.05) is 54.9 Å². The van der Waals surface area contributed by atoms with Crippen LogP contribution in [-0.2, 0) is 34.0 Å². The van der Waals surface area contributed by atoms with Gasteiger partial charge in [-0.25, -0.2) is 4.79 Å². The van der Waals surface area contributed by atoms with Gasteiger partial charge in [0.05, 0.1) is 13.2 Å². The predicted octanol–water partition coefficient (Wildman–Crippen LogP) is 3.34. The first-order valence-electron chi connectivity index (χ1n) is 14.2. The molecule has 2 aromatic rings. The molecule has 0 spiro atoms. The van der Waals surface area contributed by atoms with Crippen molar-refractivity contribution in [3.05, 3.63) is 63.2 Å². The van der Waals surface area contributed by atoms with Crippen molar-refractivity contribution < 1.29 is 23.9 Å². The molecule has 0 aromatic heterocycles. The van der Waals surface area contributed by atoms with Gasteiger partial charge in [-0.3, -0.25) is 24.6 Å². The van der Waals surface area contributed by atoms with E-state index in [1.54, 1.807) is 12.1 Å². The number of hydrogen-bond donors (Lipinski definition) is 3. The first-order chi connectivity index (χ1) is 19.7. The molecular formula is C30H34ClN5O5. The second-order valence-electron chi connectivity index (χ2n) is 11.5. The van der Waals surface area contributed by atoms with E-state index in [4.69, 9.17) is 16.3 Å². The number of amides is 5. The Hall–Kier alpha value is -3.47. The van der Waals surface area contributed by atoms with Crippen molar-refractivity contribution in [3.63, 3.8) is 0 Å². The molecule has 11 heteroatoms. The van der Waals surface area contributed by atoms with Gasteiger partial charge in [0.1, 0.15) is 6.04 Å². The van der Waals surface area contributed by atoms with Crippen LogP contribution in [0.2, 0.25) is 5.02 Å². The summed E-state index contributed by atoms with van der Waals surface area (Å²) in [6.07, 6.45) is 2.88. The summed E-state index contributed by atoms with van der Waals surface area (Å²) in [5.74, 6) is -0.433. The molecule has 216 valence electrons. The van der Waals surface area contributed by atoms with Gasteiger partial charge >= 0.3 is 6.03 Å². The molecule has 3 unspecified atom stereocenters. The Morgan fingerprint density at radius 2 is 1.98 bits per heavy atom. The van der Waals surface area contributed by atoms with Crippen molar-refractivity contribution in [2.75, 3.05) is 25.1 Å². The number of rotatable bonds is 6. The van der Waals surface area contributed by atoms with Crippen molar-refractivity contribution in [3.8, 4) is 0 Å². The maximum atomic E-state index is 13.1. The molecule has 0 aliphatic carbocycles. The lowest BCUT2D eigenvalue weighted by Gasteiger charge is -2.36. The number of carbonyl (C=O) groups excluding carboxylic acids is 4. The standard InChI is InChI=1S/C30H34ClN5O5/c1-17-21(13-35-12-19-3-5-23(35)16-41-15-19)9-22(10-25(17)31)33-30(40)32-11-18-2-4-20-14-36(29(39)24(20)8-18)26-6-7-27(37)34-28(26)38/h2,4,8-10,19,23,26H,3,5-7,11-16H2,1H3,(H2,32,33,40)(H,34,37,38). The van der Waals surface area contributed by atoms with Gasteiger partial charge in [0.15, 0.2) is 0 Å². The number of piperidine rings is 2. The van der Waals surface area contributed by atoms with Crippen LogP contribution in [0.15, 0.2) is 30.3 Å². The largest absolute Gasteiger partial charge is 0.379 e. The molecule has 2 aromatic carbocycles. The number of carbonyl (C=O) groups is 4. The van der Waals surface area contributed by atoms with Crippen LogP contribution in [0.3, 0.4) is 0 Å². The second-order valence-corrected chi connectivity index (χ2v) is 11.9. The Bertz CT molecular complexity index is 1410. The van der Waals surface area contributed by atoms with Crippen LogP contribution in [0, 0.1) is 12.8 Å². The zero-order valence-corrected chi connectivity index (χ0v) is 23.8. The summed E-state index contributed by atoms with van der Waals surface area (Å²) in [7, 11) is 0. The monoisotopic (exact) mass is 579 g/mol. The van der Waals surface area contributed by atoms with Crippen molar-refractivity contribution in [2.45, 2.75) is 64.3 Å².